The van der Waals surface area contributed by atoms with Crippen LogP contribution in [-0.2, 0) is 11.3 Å². The maximum Gasteiger partial charge on any atom is 0.244 e. The van der Waals surface area contributed by atoms with Crippen molar-refractivity contribution >= 4 is 21.8 Å². The fraction of sp³-hybridized carbons (Fsp3) is 0.316. The Labute approximate surface area is 152 Å². The van der Waals surface area contributed by atoms with Gasteiger partial charge in [-0.25, -0.2) is 0 Å². The van der Waals surface area contributed by atoms with Crippen LogP contribution < -0.4 is 4.74 Å². The first-order chi connectivity index (χ1) is 11.4. The SMILES string of the molecule is COc1ccc(Br)cc1CN(C)C(C(=O)N(C)C)c1ccccc1. The highest BCUT2D eigenvalue weighted by molar-refractivity contribution is 9.10. The summed E-state index contributed by atoms with van der Waals surface area (Å²) in [7, 11) is 7.18. The van der Waals surface area contributed by atoms with Crippen LogP contribution in [0.5, 0.6) is 5.75 Å². The van der Waals surface area contributed by atoms with Gasteiger partial charge in [-0.05, 0) is 30.8 Å². The summed E-state index contributed by atoms with van der Waals surface area (Å²) in [6.07, 6.45) is 0. The topological polar surface area (TPSA) is 32.8 Å². The molecule has 5 heteroatoms. The van der Waals surface area contributed by atoms with Crippen LogP contribution >= 0.6 is 15.9 Å². The van der Waals surface area contributed by atoms with E-state index in [0.29, 0.717) is 6.54 Å². The van der Waals surface area contributed by atoms with E-state index in [9.17, 15) is 4.79 Å². The molecule has 0 radical (unpaired) electrons. The highest BCUT2D eigenvalue weighted by atomic mass is 79.9. The predicted octanol–water partition coefficient (Wildman–Crippen LogP) is 3.72. The number of hydrogen-bond acceptors (Lipinski definition) is 3. The minimum absolute atomic E-state index is 0.0534. The Balaban J connectivity index is 2.33. The van der Waals surface area contributed by atoms with Crippen molar-refractivity contribution in [3.63, 3.8) is 0 Å². The van der Waals surface area contributed by atoms with E-state index in [1.165, 1.54) is 0 Å². The van der Waals surface area contributed by atoms with E-state index in [4.69, 9.17) is 4.74 Å². The molecule has 1 atom stereocenters. The molecule has 0 fully saturated rings. The van der Waals surface area contributed by atoms with Crippen molar-refractivity contribution in [2.24, 2.45) is 0 Å². The average molecular weight is 391 g/mol. The molecule has 2 aromatic carbocycles. The standard InChI is InChI=1S/C19H23BrN2O2/c1-21(2)19(23)18(14-8-6-5-7-9-14)22(3)13-15-12-16(20)10-11-17(15)24-4/h5-12,18H,13H2,1-4H3. The third-order valence-electron chi connectivity index (χ3n) is 3.89. The molecule has 0 spiro atoms. The smallest absolute Gasteiger partial charge is 0.244 e. The van der Waals surface area contributed by atoms with E-state index in [2.05, 4.69) is 15.9 Å². The van der Waals surface area contributed by atoms with Crippen molar-refractivity contribution < 1.29 is 9.53 Å². The summed E-state index contributed by atoms with van der Waals surface area (Å²) < 4.78 is 6.44. The molecule has 1 amide bonds. The zero-order valence-corrected chi connectivity index (χ0v) is 16.1. The van der Waals surface area contributed by atoms with Gasteiger partial charge < -0.3 is 9.64 Å². The number of methoxy groups -OCH3 is 1. The van der Waals surface area contributed by atoms with Gasteiger partial charge in [0.2, 0.25) is 5.91 Å². The fourth-order valence-electron chi connectivity index (χ4n) is 2.70. The lowest BCUT2D eigenvalue weighted by atomic mass is 10.0. The lowest BCUT2D eigenvalue weighted by Crippen LogP contribution is -2.37. The zero-order valence-electron chi connectivity index (χ0n) is 14.5. The summed E-state index contributed by atoms with van der Waals surface area (Å²) in [4.78, 5) is 16.4. The maximum atomic E-state index is 12.7. The first-order valence-electron chi connectivity index (χ1n) is 7.72. The van der Waals surface area contributed by atoms with Crippen LogP contribution in [0.4, 0.5) is 0 Å². The summed E-state index contributed by atoms with van der Waals surface area (Å²) in [6, 6.07) is 15.4. The van der Waals surface area contributed by atoms with Gasteiger partial charge >= 0.3 is 0 Å². The van der Waals surface area contributed by atoms with Crippen LogP contribution in [0, 0.1) is 0 Å². The summed E-state index contributed by atoms with van der Waals surface area (Å²) in [5, 5.41) is 0. The maximum absolute atomic E-state index is 12.7. The Kier molecular flexibility index (Phi) is 6.40. The molecule has 2 aromatic rings. The number of nitrogens with zero attached hydrogens (tertiary/aromatic N) is 2. The molecular weight excluding hydrogens is 368 g/mol. The van der Waals surface area contributed by atoms with E-state index < -0.39 is 0 Å². The lowest BCUT2D eigenvalue weighted by Gasteiger charge is -2.30. The summed E-state index contributed by atoms with van der Waals surface area (Å²) in [6.45, 7) is 0.599. The highest BCUT2D eigenvalue weighted by Gasteiger charge is 2.27. The third kappa shape index (κ3) is 4.36. The monoisotopic (exact) mass is 390 g/mol. The number of amides is 1. The van der Waals surface area contributed by atoms with Crippen LogP contribution in [0.15, 0.2) is 53.0 Å². The fourth-order valence-corrected chi connectivity index (χ4v) is 3.10. The normalized spacial score (nSPS) is 12.1. The molecule has 4 nitrogen and oxygen atoms in total. The molecule has 0 bridgehead atoms. The van der Waals surface area contributed by atoms with E-state index in [-0.39, 0.29) is 11.9 Å². The van der Waals surface area contributed by atoms with Gasteiger partial charge in [-0.1, -0.05) is 46.3 Å². The second kappa shape index (κ2) is 8.31. The molecule has 0 saturated heterocycles. The van der Waals surface area contributed by atoms with Crippen molar-refractivity contribution in [3.05, 3.63) is 64.1 Å². The van der Waals surface area contributed by atoms with Crippen molar-refractivity contribution in [1.29, 1.82) is 0 Å². The number of carbonyl (C=O) groups excluding carboxylic acids is 1. The van der Waals surface area contributed by atoms with Crippen molar-refractivity contribution in [3.8, 4) is 5.75 Å². The molecule has 0 aliphatic rings. The van der Waals surface area contributed by atoms with Gasteiger partial charge in [0.1, 0.15) is 11.8 Å². The van der Waals surface area contributed by atoms with Crippen LogP contribution in [-0.4, -0.2) is 44.0 Å². The van der Waals surface area contributed by atoms with Crippen LogP contribution in [0.1, 0.15) is 17.2 Å². The first kappa shape index (κ1) is 18.5. The Morgan fingerprint density at radius 2 is 1.79 bits per heavy atom. The van der Waals surface area contributed by atoms with E-state index >= 15 is 0 Å². The Morgan fingerprint density at radius 1 is 1.12 bits per heavy atom. The zero-order chi connectivity index (χ0) is 17.7. The van der Waals surface area contributed by atoms with Gasteiger partial charge in [0, 0.05) is 30.7 Å². The molecule has 0 aromatic heterocycles. The van der Waals surface area contributed by atoms with Crippen molar-refractivity contribution in [2.45, 2.75) is 12.6 Å². The second-order valence-electron chi connectivity index (χ2n) is 5.92. The van der Waals surface area contributed by atoms with Crippen LogP contribution in [0.2, 0.25) is 0 Å². The van der Waals surface area contributed by atoms with Crippen molar-refractivity contribution in [1.82, 2.24) is 9.80 Å². The van der Waals surface area contributed by atoms with Crippen LogP contribution in [0.25, 0.3) is 0 Å². The molecule has 0 aliphatic carbocycles. The van der Waals surface area contributed by atoms with Gasteiger partial charge in [0.15, 0.2) is 0 Å². The van der Waals surface area contributed by atoms with E-state index in [0.717, 1.165) is 21.3 Å². The Hall–Kier alpha value is -1.85. The van der Waals surface area contributed by atoms with Gasteiger partial charge in [-0.15, -0.1) is 0 Å². The number of hydrogen-bond donors (Lipinski definition) is 0. The Morgan fingerprint density at radius 3 is 2.38 bits per heavy atom. The number of ether oxygens (including phenoxy) is 1. The number of likely N-dealkylation sites (N-methyl/N-ethyl adjacent to an activating group) is 2. The number of benzene rings is 2. The highest BCUT2D eigenvalue weighted by Crippen LogP contribution is 2.28. The molecular formula is C19H23BrN2O2. The van der Waals surface area contributed by atoms with Crippen LogP contribution in [0.3, 0.4) is 0 Å². The first-order valence-corrected chi connectivity index (χ1v) is 8.52. The molecule has 128 valence electrons. The largest absolute Gasteiger partial charge is 0.496 e. The number of rotatable bonds is 6. The van der Waals surface area contributed by atoms with E-state index in [1.54, 1.807) is 26.1 Å². The molecule has 0 saturated carbocycles. The lowest BCUT2D eigenvalue weighted by molar-refractivity contribution is -0.134. The minimum Gasteiger partial charge on any atom is -0.496 e. The number of halogens is 1. The third-order valence-corrected chi connectivity index (χ3v) is 4.39. The van der Waals surface area contributed by atoms with Gasteiger partial charge in [0.05, 0.1) is 7.11 Å². The number of carbonyl (C=O) groups is 1. The van der Waals surface area contributed by atoms with Gasteiger partial charge in [-0.2, -0.15) is 0 Å². The molecule has 0 heterocycles. The molecule has 0 aliphatic heterocycles. The molecule has 2 rings (SSSR count). The Bertz CT molecular complexity index is 689. The quantitative estimate of drug-likeness (QED) is 0.753. The molecule has 24 heavy (non-hydrogen) atoms. The van der Waals surface area contributed by atoms with Gasteiger partial charge in [0.25, 0.3) is 0 Å². The van der Waals surface area contributed by atoms with Crippen molar-refractivity contribution in [2.75, 3.05) is 28.3 Å². The summed E-state index contributed by atoms with van der Waals surface area (Å²) in [5.74, 6) is 0.867. The minimum atomic E-state index is -0.343. The molecule has 1 unspecified atom stereocenters. The van der Waals surface area contributed by atoms with E-state index in [1.807, 2.05) is 60.5 Å². The summed E-state index contributed by atoms with van der Waals surface area (Å²) in [5.41, 5.74) is 2.01. The second-order valence-corrected chi connectivity index (χ2v) is 6.83. The molecule has 0 N–H and O–H groups in total. The van der Waals surface area contributed by atoms with Gasteiger partial charge in [-0.3, -0.25) is 9.69 Å². The summed E-state index contributed by atoms with van der Waals surface area (Å²) >= 11 is 3.50. The predicted molar refractivity (Wildman–Crippen MR) is 100 cm³/mol. The average Bonchev–Trinajstić information content (AvgIpc) is 2.56.